The summed E-state index contributed by atoms with van der Waals surface area (Å²) in [7, 11) is 1.63. The van der Waals surface area contributed by atoms with Crippen LogP contribution in [0.1, 0.15) is 66.0 Å². The second-order valence-electron chi connectivity index (χ2n) is 13.2. The first-order chi connectivity index (χ1) is 28.0. The van der Waals surface area contributed by atoms with E-state index >= 15 is 0 Å². The number of rotatable bonds is 23. The van der Waals surface area contributed by atoms with E-state index in [1.165, 1.54) is 24.8 Å². The molecular formula is C47H52N4O6. The average Bonchev–Trinajstić information content (AvgIpc) is 3.25. The SMILES string of the molecule is CCCCCCOc1ccc(N=Nc2ccc(/C=C/c3cc(CO)c(/C=C/c4ccc(N=Nc5ccc(C)cc5)cc4)cc3OOCCOCCOC)cc2)cc1. The second-order valence-corrected chi connectivity index (χ2v) is 13.2. The highest BCUT2D eigenvalue weighted by Crippen LogP contribution is 2.29. The molecule has 0 atom stereocenters. The normalized spacial score (nSPS) is 11.8. The van der Waals surface area contributed by atoms with Crippen LogP contribution >= 0.6 is 0 Å². The van der Waals surface area contributed by atoms with Crippen molar-refractivity contribution in [1.82, 2.24) is 0 Å². The molecule has 0 aliphatic heterocycles. The number of hydrogen-bond donors (Lipinski definition) is 1. The van der Waals surface area contributed by atoms with Gasteiger partial charge in [0, 0.05) is 12.7 Å². The maximum Gasteiger partial charge on any atom is 0.173 e. The van der Waals surface area contributed by atoms with Gasteiger partial charge in [-0.05, 0) is 108 Å². The van der Waals surface area contributed by atoms with E-state index in [9.17, 15) is 5.11 Å². The summed E-state index contributed by atoms with van der Waals surface area (Å²) in [4.78, 5) is 11.3. The van der Waals surface area contributed by atoms with E-state index in [0.29, 0.717) is 25.6 Å². The monoisotopic (exact) mass is 768 g/mol. The number of hydrogen-bond acceptors (Lipinski definition) is 10. The Bertz CT molecular complexity index is 2040. The molecular weight excluding hydrogens is 717 g/mol. The van der Waals surface area contributed by atoms with Gasteiger partial charge in [-0.3, -0.25) is 0 Å². The number of nitrogens with zero attached hydrogens (tertiary/aromatic N) is 4. The smallest absolute Gasteiger partial charge is 0.173 e. The fourth-order valence-corrected chi connectivity index (χ4v) is 5.44. The third-order valence-electron chi connectivity index (χ3n) is 8.73. The molecule has 1 N–H and O–H groups in total. The van der Waals surface area contributed by atoms with Gasteiger partial charge in [-0.25, -0.2) is 0 Å². The van der Waals surface area contributed by atoms with Crippen LogP contribution in [0.3, 0.4) is 0 Å². The number of aliphatic hydroxyl groups is 1. The number of methoxy groups -OCH3 is 1. The van der Waals surface area contributed by atoms with Crippen molar-refractivity contribution in [2.75, 3.05) is 40.1 Å². The molecule has 0 aliphatic carbocycles. The van der Waals surface area contributed by atoms with Crippen molar-refractivity contribution in [1.29, 1.82) is 0 Å². The largest absolute Gasteiger partial charge is 0.494 e. The Morgan fingerprint density at radius 2 is 1.11 bits per heavy atom. The average molecular weight is 769 g/mol. The summed E-state index contributed by atoms with van der Waals surface area (Å²) < 4.78 is 16.4. The van der Waals surface area contributed by atoms with Crippen molar-refractivity contribution in [3.05, 3.63) is 143 Å². The first kappa shape index (κ1) is 42.4. The van der Waals surface area contributed by atoms with Gasteiger partial charge in [-0.1, -0.05) is 92.5 Å². The van der Waals surface area contributed by atoms with Gasteiger partial charge in [0.25, 0.3) is 0 Å². The molecule has 0 fully saturated rings. The van der Waals surface area contributed by atoms with Gasteiger partial charge >= 0.3 is 0 Å². The third-order valence-corrected chi connectivity index (χ3v) is 8.73. The van der Waals surface area contributed by atoms with E-state index in [1.807, 2.05) is 140 Å². The Hall–Kier alpha value is -5.78. The summed E-state index contributed by atoms with van der Waals surface area (Å²) >= 11 is 0. The Labute approximate surface area is 336 Å². The molecule has 0 bridgehead atoms. The van der Waals surface area contributed by atoms with Gasteiger partial charge in [-0.2, -0.15) is 25.3 Å². The molecule has 57 heavy (non-hydrogen) atoms. The van der Waals surface area contributed by atoms with Crippen molar-refractivity contribution < 1.29 is 29.1 Å². The van der Waals surface area contributed by atoms with Gasteiger partial charge < -0.3 is 24.2 Å². The summed E-state index contributed by atoms with van der Waals surface area (Å²) in [6.07, 6.45) is 12.5. The molecule has 0 aromatic heterocycles. The minimum Gasteiger partial charge on any atom is -0.494 e. The molecule has 0 spiro atoms. The molecule has 5 aromatic carbocycles. The van der Waals surface area contributed by atoms with E-state index in [-0.39, 0.29) is 13.2 Å². The van der Waals surface area contributed by atoms with E-state index in [1.54, 1.807) is 7.11 Å². The quantitative estimate of drug-likeness (QED) is 0.0232. The lowest BCUT2D eigenvalue weighted by atomic mass is 10.0. The lowest BCUT2D eigenvalue weighted by Gasteiger charge is -2.12. The van der Waals surface area contributed by atoms with Crippen LogP contribution in [-0.2, 0) is 21.0 Å². The summed E-state index contributed by atoms with van der Waals surface area (Å²) in [5, 5.41) is 27.8. The topological polar surface area (TPSA) is 116 Å². The van der Waals surface area contributed by atoms with Crippen LogP contribution in [0.15, 0.2) is 130 Å². The maximum absolute atomic E-state index is 10.4. The zero-order valence-electron chi connectivity index (χ0n) is 33.1. The fourth-order valence-electron chi connectivity index (χ4n) is 5.44. The maximum atomic E-state index is 10.4. The van der Waals surface area contributed by atoms with E-state index in [0.717, 1.165) is 69.3 Å². The van der Waals surface area contributed by atoms with Crippen LogP contribution < -0.4 is 9.62 Å². The first-order valence-corrected chi connectivity index (χ1v) is 19.4. The number of aliphatic hydroxyl groups excluding tert-OH is 1. The van der Waals surface area contributed by atoms with E-state index in [4.69, 9.17) is 24.0 Å². The predicted molar refractivity (Wildman–Crippen MR) is 228 cm³/mol. The van der Waals surface area contributed by atoms with Crippen LogP contribution in [-0.4, -0.2) is 45.3 Å². The molecule has 0 unspecified atom stereocenters. The summed E-state index contributed by atoms with van der Waals surface area (Å²) in [6, 6.07) is 34.8. The standard InChI is InChI=1S/C47H52N4O6/c1-4-5-6-7-28-55-46-26-24-45(25-27-46)51-50-44-22-14-38(15-23-44)11-17-40-33-41(35-52)39(34-47(40)57-56-32-31-54-30-29-53-3)16-10-37-12-20-43(21-13-37)49-48-42-18-8-36(2)9-19-42/h8-27,33-34,52H,4-7,28-32,35H2,1-3H3/b16-10+,17-11+,49-48?,51-50?. The third kappa shape index (κ3) is 15.0. The Balaban J connectivity index is 1.25. The number of azo groups is 2. The van der Waals surface area contributed by atoms with Crippen molar-refractivity contribution in [2.45, 2.75) is 46.1 Å². The second kappa shape index (κ2) is 24.0. The molecule has 0 heterocycles. The van der Waals surface area contributed by atoms with Crippen LogP contribution in [0.4, 0.5) is 22.7 Å². The molecule has 5 rings (SSSR count). The van der Waals surface area contributed by atoms with E-state index < -0.39 is 0 Å². The number of unbranched alkanes of at least 4 members (excludes halogenated alkanes) is 3. The van der Waals surface area contributed by atoms with Gasteiger partial charge in [0.05, 0.1) is 55.8 Å². The predicted octanol–water partition coefficient (Wildman–Crippen LogP) is 12.6. The number of benzene rings is 5. The summed E-state index contributed by atoms with van der Waals surface area (Å²) in [5.74, 6) is 1.33. The summed E-state index contributed by atoms with van der Waals surface area (Å²) in [5.41, 5.74) is 8.36. The zero-order valence-corrected chi connectivity index (χ0v) is 33.1. The van der Waals surface area contributed by atoms with Crippen molar-refractivity contribution in [3.63, 3.8) is 0 Å². The highest BCUT2D eigenvalue weighted by Gasteiger charge is 2.10. The highest BCUT2D eigenvalue weighted by molar-refractivity contribution is 5.78. The zero-order chi connectivity index (χ0) is 39.9. The fraction of sp³-hybridized carbons (Fsp3) is 0.277. The van der Waals surface area contributed by atoms with Gasteiger partial charge in [0.15, 0.2) is 5.75 Å². The molecule has 0 saturated carbocycles. The Morgan fingerprint density at radius 3 is 1.67 bits per heavy atom. The van der Waals surface area contributed by atoms with Gasteiger partial charge in [0.2, 0.25) is 0 Å². The van der Waals surface area contributed by atoms with Crippen molar-refractivity contribution in [3.8, 4) is 11.5 Å². The van der Waals surface area contributed by atoms with Crippen LogP contribution in [0.25, 0.3) is 24.3 Å². The molecule has 0 amide bonds. The minimum atomic E-state index is -0.165. The molecule has 10 heteroatoms. The van der Waals surface area contributed by atoms with E-state index in [2.05, 4.69) is 27.4 Å². The summed E-state index contributed by atoms with van der Waals surface area (Å²) in [6.45, 7) is 6.33. The molecule has 0 saturated heterocycles. The Morgan fingerprint density at radius 1 is 0.561 bits per heavy atom. The van der Waals surface area contributed by atoms with Crippen LogP contribution in [0.2, 0.25) is 0 Å². The lowest BCUT2D eigenvalue weighted by Crippen LogP contribution is -2.10. The van der Waals surface area contributed by atoms with Crippen LogP contribution in [0, 0.1) is 6.92 Å². The Kier molecular flexibility index (Phi) is 17.8. The van der Waals surface area contributed by atoms with Crippen molar-refractivity contribution in [2.24, 2.45) is 20.5 Å². The highest BCUT2D eigenvalue weighted by atomic mass is 17.2. The van der Waals surface area contributed by atoms with Gasteiger partial charge in [-0.15, -0.1) is 0 Å². The molecule has 10 nitrogen and oxygen atoms in total. The molecule has 5 aromatic rings. The first-order valence-electron chi connectivity index (χ1n) is 19.4. The van der Waals surface area contributed by atoms with Crippen LogP contribution in [0.5, 0.6) is 11.5 Å². The number of aryl methyl sites for hydroxylation is 1. The van der Waals surface area contributed by atoms with Gasteiger partial charge in [0.1, 0.15) is 12.4 Å². The number of ether oxygens (including phenoxy) is 3. The molecule has 296 valence electrons. The minimum absolute atomic E-state index is 0.165. The lowest BCUT2D eigenvalue weighted by molar-refractivity contribution is -0.215. The molecule has 0 aliphatic rings. The molecule has 0 radical (unpaired) electrons. The van der Waals surface area contributed by atoms with Crippen molar-refractivity contribution >= 4 is 47.1 Å².